The van der Waals surface area contributed by atoms with Crippen LogP contribution in [0.4, 0.5) is 5.69 Å². The second-order valence-corrected chi connectivity index (χ2v) is 7.72. The molecule has 0 radical (unpaired) electrons. The Bertz CT molecular complexity index is 1220. The quantitative estimate of drug-likeness (QED) is 0.416. The smallest absolute Gasteiger partial charge is 0.258 e. The number of benzene rings is 4. The van der Waals surface area contributed by atoms with Gasteiger partial charge in [0.1, 0.15) is 5.75 Å². The fraction of sp³-hybridized carbons (Fsp3) is 0.107. The van der Waals surface area contributed by atoms with E-state index in [9.17, 15) is 4.79 Å². The van der Waals surface area contributed by atoms with Crippen molar-refractivity contribution in [3.63, 3.8) is 0 Å². The lowest BCUT2D eigenvalue weighted by molar-refractivity contribution is 0.0985. The van der Waals surface area contributed by atoms with Crippen molar-refractivity contribution < 1.29 is 9.53 Å². The van der Waals surface area contributed by atoms with E-state index in [4.69, 9.17) is 4.74 Å². The molecule has 1 amide bonds. The molecule has 1 unspecified atom stereocenters. The van der Waals surface area contributed by atoms with E-state index in [2.05, 4.69) is 60.7 Å². The molecule has 31 heavy (non-hydrogen) atoms. The maximum absolute atomic E-state index is 13.7. The number of methoxy groups -OCH3 is 1. The molecule has 4 aromatic carbocycles. The van der Waals surface area contributed by atoms with Crippen LogP contribution in [0, 0.1) is 0 Å². The van der Waals surface area contributed by atoms with Crippen LogP contribution in [0.25, 0.3) is 0 Å². The Morgan fingerprint density at radius 3 is 2.16 bits per heavy atom. The average molecular weight is 405 g/mol. The highest BCUT2D eigenvalue weighted by Crippen LogP contribution is 2.42. The molecular formula is C28H23NO2. The molecule has 1 aliphatic rings. The van der Waals surface area contributed by atoms with Crippen LogP contribution in [-0.2, 0) is 6.54 Å². The van der Waals surface area contributed by atoms with Crippen LogP contribution in [0.15, 0.2) is 103 Å². The number of hydrogen-bond acceptors (Lipinski definition) is 2. The largest absolute Gasteiger partial charge is 0.497 e. The summed E-state index contributed by atoms with van der Waals surface area (Å²) in [6.07, 6.45) is 0. The maximum atomic E-state index is 13.7. The predicted octanol–water partition coefficient (Wildman–Crippen LogP) is 6.04. The third kappa shape index (κ3) is 3.49. The Morgan fingerprint density at radius 1 is 0.774 bits per heavy atom. The van der Waals surface area contributed by atoms with E-state index in [0.29, 0.717) is 12.1 Å². The van der Waals surface area contributed by atoms with Crippen LogP contribution in [0.5, 0.6) is 5.75 Å². The first-order chi connectivity index (χ1) is 15.3. The van der Waals surface area contributed by atoms with Crippen molar-refractivity contribution in [3.8, 4) is 5.75 Å². The molecule has 0 fully saturated rings. The number of para-hydroxylation sites is 1. The number of carbonyl (C=O) groups is 1. The molecule has 0 aromatic heterocycles. The summed E-state index contributed by atoms with van der Waals surface area (Å²) < 4.78 is 5.26. The summed E-state index contributed by atoms with van der Waals surface area (Å²) in [5, 5.41) is 0. The molecule has 0 bridgehead atoms. The van der Waals surface area contributed by atoms with Crippen molar-refractivity contribution in [1.29, 1.82) is 0 Å². The fourth-order valence-corrected chi connectivity index (χ4v) is 4.44. The van der Waals surface area contributed by atoms with E-state index >= 15 is 0 Å². The lowest BCUT2D eigenvalue weighted by Crippen LogP contribution is -2.30. The second-order valence-electron chi connectivity index (χ2n) is 7.72. The molecule has 1 aliphatic heterocycles. The summed E-state index contributed by atoms with van der Waals surface area (Å²) in [6, 6.07) is 34.5. The van der Waals surface area contributed by atoms with E-state index in [1.54, 1.807) is 7.11 Å². The molecule has 3 heteroatoms. The summed E-state index contributed by atoms with van der Waals surface area (Å²) in [6.45, 7) is 0.529. The van der Waals surface area contributed by atoms with E-state index in [1.807, 2.05) is 47.4 Å². The van der Waals surface area contributed by atoms with Gasteiger partial charge in [0.05, 0.1) is 13.7 Å². The number of amides is 1. The van der Waals surface area contributed by atoms with Gasteiger partial charge in [0.25, 0.3) is 5.91 Å². The van der Waals surface area contributed by atoms with Gasteiger partial charge in [-0.3, -0.25) is 4.79 Å². The SMILES string of the molecule is COc1ccc(C(=O)N2Cc3ccccc3C(c3ccccc3)c3ccccc32)cc1. The maximum Gasteiger partial charge on any atom is 0.258 e. The zero-order valence-electron chi connectivity index (χ0n) is 17.4. The molecule has 4 aromatic rings. The van der Waals surface area contributed by atoms with Crippen LogP contribution in [0.2, 0.25) is 0 Å². The zero-order chi connectivity index (χ0) is 21.2. The molecular weight excluding hydrogens is 382 g/mol. The molecule has 0 saturated carbocycles. The van der Waals surface area contributed by atoms with E-state index < -0.39 is 0 Å². The van der Waals surface area contributed by atoms with E-state index in [0.717, 1.165) is 22.6 Å². The molecule has 5 rings (SSSR count). The van der Waals surface area contributed by atoms with Crippen LogP contribution in [0.1, 0.15) is 38.5 Å². The Kier molecular flexibility index (Phi) is 5.01. The Hall–Kier alpha value is -3.85. The minimum Gasteiger partial charge on any atom is -0.497 e. The zero-order valence-corrected chi connectivity index (χ0v) is 17.4. The van der Waals surface area contributed by atoms with Gasteiger partial charge >= 0.3 is 0 Å². The highest BCUT2D eigenvalue weighted by Gasteiger charge is 2.31. The van der Waals surface area contributed by atoms with Crippen molar-refractivity contribution in [3.05, 3.63) is 131 Å². The number of nitrogens with zero attached hydrogens (tertiary/aromatic N) is 1. The van der Waals surface area contributed by atoms with Gasteiger partial charge in [-0.1, -0.05) is 72.8 Å². The molecule has 1 atom stereocenters. The molecule has 152 valence electrons. The Labute approximate surface area is 182 Å². The minimum absolute atomic E-state index is 0.0152. The second kappa shape index (κ2) is 8.11. The third-order valence-corrected chi connectivity index (χ3v) is 5.95. The minimum atomic E-state index is -0.0152. The fourth-order valence-electron chi connectivity index (χ4n) is 4.44. The summed E-state index contributed by atoms with van der Waals surface area (Å²) in [5.74, 6) is 0.795. The van der Waals surface area contributed by atoms with Crippen molar-refractivity contribution >= 4 is 11.6 Å². The lowest BCUT2D eigenvalue weighted by Gasteiger charge is -2.24. The van der Waals surface area contributed by atoms with Crippen molar-refractivity contribution in [1.82, 2.24) is 0 Å². The number of carbonyl (C=O) groups excluding carboxylic acids is 1. The van der Waals surface area contributed by atoms with Crippen molar-refractivity contribution in [2.75, 3.05) is 12.0 Å². The van der Waals surface area contributed by atoms with Gasteiger partial charge < -0.3 is 9.64 Å². The number of ether oxygens (including phenoxy) is 1. The standard InChI is InChI=1S/C28H23NO2/c1-31-23-17-15-21(16-18-23)28(30)29-19-22-11-5-6-12-24(22)27(20-9-3-2-4-10-20)25-13-7-8-14-26(25)29/h2-18,27H,19H2,1H3. The molecule has 0 aliphatic carbocycles. The lowest BCUT2D eigenvalue weighted by atomic mass is 9.83. The summed E-state index contributed by atoms with van der Waals surface area (Å²) >= 11 is 0. The van der Waals surface area contributed by atoms with Crippen LogP contribution >= 0.6 is 0 Å². The van der Waals surface area contributed by atoms with Gasteiger partial charge in [0.15, 0.2) is 0 Å². The number of anilines is 1. The summed E-state index contributed by atoms with van der Waals surface area (Å²) in [7, 11) is 1.63. The Morgan fingerprint density at radius 2 is 1.42 bits per heavy atom. The van der Waals surface area contributed by atoms with Gasteiger partial charge in [0.2, 0.25) is 0 Å². The highest BCUT2D eigenvalue weighted by atomic mass is 16.5. The van der Waals surface area contributed by atoms with E-state index in [-0.39, 0.29) is 11.8 Å². The average Bonchev–Trinajstić information content (AvgIpc) is 2.99. The van der Waals surface area contributed by atoms with Gasteiger partial charge in [-0.25, -0.2) is 0 Å². The first-order valence-electron chi connectivity index (χ1n) is 10.4. The van der Waals surface area contributed by atoms with Gasteiger partial charge in [0, 0.05) is 17.2 Å². The number of fused-ring (bicyclic) bond motifs is 2. The third-order valence-electron chi connectivity index (χ3n) is 5.95. The monoisotopic (exact) mass is 405 g/mol. The van der Waals surface area contributed by atoms with Crippen LogP contribution in [-0.4, -0.2) is 13.0 Å². The first kappa shape index (κ1) is 19.1. The molecule has 3 nitrogen and oxygen atoms in total. The molecule has 0 N–H and O–H groups in total. The van der Waals surface area contributed by atoms with Crippen molar-refractivity contribution in [2.24, 2.45) is 0 Å². The normalized spacial score (nSPS) is 14.9. The number of rotatable bonds is 3. The summed E-state index contributed by atoms with van der Waals surface area (Å²) in [5.41, 5.74) is 6.36. The van der Waals surface area contributed by atoms with Gasteiger partial charge in [-0.15, -0.1) is 0 Å². The number of hydrogen-bond donors (Lipinski definition) is 0. The van der Waals surface area contributed by atoms with Crippen molar-refractivity contribution in [2.45, 2.75) is 12.5 Å². The highest BCUT2D eigenvalue weighted by molar-refractivity contribution is 6.06. The van der Waals surface area contributed by atoms with Crippen LogP contribution in [0.3, 0.4) is 0 Å². The first-order valence-corrected chi connectivity index (χ1v) is 10.4. The summed E-state index contributed by atoms with van der Waals surface area (Å²) in [4.78, 5) is 15.6. The molecule has 0 saturated heterocycles. The Balaban J connectivity index is 1.68. The predicted molar refractivity (Wildman–Crippen MR) is 124 cm³/mol. The topological polar surface area (TPSA) is 29.5 Å². The van der Waals surface area contributed by atoms with Gasteiger partial charge in [-0.2, -0.15) is 0 Å². The van der Waals surface area contributed by atoms with Crippen LogP contribution < -0.4 is 9.64 Å². The molecule has 1 heterocycles. The van der Waals surface area contributed by atoms with Gasteiger partial charge in [-0.05, 0) is 52.6 Å². The molecule has 0 spiro atoms. The van der Waals surface area contributed by atoms with E-state index in [1.165, 1.54) is 11.1 Å².